The summed E-state index contributed by atoms with van der Waals surface area (Å²) in [4.78, 5) is 0. The standard InChI is InChI=1S/C7H10O2/c1-7(8)5-3-4-6-9-2/h4,6-8H,1-2H3. The number of methoxy groups -OCH3 is 1. The van der Waals surface area contributed by atoms with Crippen LogP contribution in [0.15, 0.2) is 12.3 Å². The second-order valence-corrected chi connectivity index (χ2v) is 1.50. The maximum absolute atomic E-state index is 8.60. The van der Waals surface area contributed by atoms with Crippen molar-refractivity contribution in [3.63, 3.8) is 0 Å². The molecule has 50 valence electrons. The zero-order chi connectivity index (χ0) is 7.11. The molecule has 2 nitrogen and oxygen atoms in total. The van der Waals surface area contributed by atoms with Crippen molar-refractivity contribution in [1.29, 1.82) is 0 Å². The molecule has 1 unspecified atom stereocenters. The molecule has 0 amide bonds. The van der Waals surface area contributed by atoms with Crippen LogP contribution in [-0.2, 0) is 4.74 Å². The molecule has 0 radical (unpaired) electrons. The molecule has 0 aliphatic rings. The smallest absolute Gasteiger partial charge is 0.112 e. The minimum absolute atomic E-state index is 0.563. The summed E-state index contributed by atoms with van der Waals surface area (Å²) in [6.07, 6.45) is 2.42. The highest BCUT2D eigenvalue weighted by molar-refractivity contribution is 5.15. The highest BCUT2D eigenvalue weighted by Gasteiger charge is 1.78. The minimum atomic E-state index is -0.563. The van der Waals surface area contributed by atoms with E-state index in [0.29, 0.717) is 0 Å². The molecule has 0 fully saturated rings. The molecule has 0 saturated carbocycles. The van der Waals surface area contributed by atoms with Crippen molar-refractivity contribution in [3.05, 3.63) is 12.3 Å². The molecule has 9 heavy (non-hydrogen) atoms. The molecule has 0 aromatic carbocycles. The quantitative estimate of drug-likeness (QED) is 0.410. The third-order valence-electron chi connectivity index (χ3n) is 0.580. The van der Waals surface area contributed by atoms with Crippen LogP contribution in [0.4, 0.5) is 0 Å². The molecule has 0 saturated heterocycles. The Kier molecular flexibility index (Phi) is 4.66. The van der Waals surface area contributed by atoms with E-state index in [9.17, 15) is 0 Å². The van der Waals surface area contributed by atoms with Crippen LogP contribution in [0.5, 0.6) is 0 Å². The molecule has 2 heteroatoms. The number of aliphatic hydroxyl groups is 1. The highest BCUT2D eigenvalue weighted by atomic mass is 16.5. The number of hydrogen-bond acceptors (Lipinski definition) is 2. The van der Waals surface area contributed by atoms with Crippen molar-refractivity contribution in [2.45, 2.75) is 13.0 Å². The molecule has 1 atom stereocenters. The number of rotatable bonds is 1. The predicted molar refractivity (Wildman–Crippen MR) is 35.6 cm³/mol. The first-order valence-corrected chi connectivity index (χ1v) is 2.64. The van der Waals surface area contributed by atoms with Crippen LogP contribution in [-0.4, -0.2) is 18.3 Å². The summed E-state index contributed by atoms with van der Waals surface area (Å²) in [5.74, 6) is 5.10. The normalized spacial score (nSPS) is 12.3. The van der Waals surface area contributed by atoms with Gasteiger partial charge in [0.1, 0.15) is 6.10 Å². The molecule has 0 aliphatic carbocycles. The van der Waals surface area contributed by atoms with Crippen molar-refractivity contribution >= 4 is 0 Å². The van der Waals surface area contributed by atoms with E-state index in [1.807, 2.05) is 0 Å². The lowest BCUT2D eigenvalue weighted by atomic mass is 10.4. The summed E-state index contributed by atoms with van der Waals surface area (Å²) in [6.45, 7) is 1.60. The third kappa shape index (κ3) is 7.06. The van der Waals surface area contributed by atoms with Crippen LogP contribution in [0.25, 0.3) is 0 Å². The van der Waals surface area contributed by atoms with E-state index in [1.54, 1.807) is 14.0 Å². The van der Waals surface area contributed by atoms with Gasteiger partial charge in [-0.1, -0.05) is 11.8 Å². The SMILES string of the molecule is COC=CC#CC(C)O. The van der Waals surface area contributed by atoms with Gasteiger partial charge in [0.25, 0.3) is 0 Å². The first kappa shape index (κ1) is 8.06. The van der Waals surface area contributed by atoms with Gasteiger partial charge in [0.05, 0.1) is 13.4 Å². The van der Waals surface area contributed by atoms with Gasteiger partial charge in [0, 0.05) is 6.08 Å². The zero-order valence-electron chi connectivity index (χ0n) is 5.59. The van der Waals surface area contributed by atoms with Crippen molar-refractivity contribution < 1.29 is 9.84 Å². The predicted octanol–water partition coefficient (Wildman–Crippen LogP) is 0.531. The topological polar surface area (TPSA) is 29.5 Å². The number of aliphatic hydroxyl groups excluding tert-OH is 1. The summed E-state index contributed by atoms with van der Waals surface area (Å²) in [6, 6.07) is 0. The fraction of sp³-hybridized carbons (Fsp3) is 0.429. The molecular formula is C7H10O2. The zero-order valence-corrected chi connectivity index (χ0v) is 5.59. The van der Waals surface area contributed by atoms with E-state index in [1.165, 1.54) is 12.3 Å². The molecule has 0 heterocycles. The molecule has 0 bridgehead atoms. The Hall–Kier alpha value is -0.940. The van der Waals surface area contributed by atoms with Crippen molar-refractivity contribution in [2.75, 3.05) is 7.11 Å². The molecule has 1 N–H and O–H groups in total. The van der Waals surface area contributed by atoms with Crippen LogP contribution in [0.1, 0.15) is 6.92 Å². The van der Waals surface area contributed by atoms with Crippen LogP contribution in [0.3, 0.4) is 0 Å². The van der Waals surface area contributed by atoms with Crippen LogP contribution in [0.2, 0.25) is 0 Å². The van der Waals surface area contributed by atoms with Gasteiger partial charge in [-0.3, -0.25) is 0 Å². The van der Waals surface area contributed by atoms with Gasteiger partial charge in [-0.15, -0.1) is 0 Å². The Morgan fingerprint density at radius 2 is 2.33 bits per heavy atom. The fourth-order valence-electron chi connectivity index (χ4n) is 0.271. The van der Waals surface area contributed by atoms with Gasteiger partial charge in [0.2, 0.25) is 0 Å². The molecular weight excluding hydrogens is 116 g/mol. The largest absolute Gasteiger partial charge is 0.504 e. The average Bonchev–Trinajstić information content (AvgIpc) is 1.80. The maximum Gasteiger partial charge on any atom is 0.112 e. The number of hydrogen-bond donors (Lipinski definition) is 1. The molecule has 0 rings (SSSR count). The van der Waals surface area contributed by atoms with Gasteiger partial charge in [0.15, 0.2) is 0 Å². The number of ether oxygens (including phenoxy) is 1. The Labute approximate surface area is 55.1 Å². The molecule has 0 aromatic heterocycles. The van der Waals surface area contributed by atoms with Gasteiger partial charge in [-0.05, 0) is 6.92 Å². The Bertz CT molecular complexity index is 137. The second kappa shape index (κ2) is 5.20. The van der Waals surface area contributed by atoms with Crippen LogP contribution < -0.4 is 0 Å². The average molecular weight is 126 g/mol. The first-order chi connectivity index (χ1) is 4.27. The Balaban J connectivity index is 3.49. The lowest BCUT2D eigenvalue weighted by molar-refractivity contribution is 0.253. The van der Waals surface area contributed by atoms with Gasteiger partial charge < -0.3 is 9.84 Å². The minimum Gasteiger partial charge on any atom is -0.504 e. The van der Waals surface area contributed by atoms with Crippen LogP contribution in [0, 0.1) is 11.8 Å². The summed E-state index contributed by atoms with van der Waals surface area (Å²) < 4.78 is 4.56. The molecule has 0 spiro atoms. The molecule has 0 aromatic rings. The monoisotopic (exact) mass is 126 g/mol. The summed E-state index contributed by atoms with van der Waals surface area (Å²) in [5.41, 5.74) is 0. The van der Waals surface area contributed by atoms with Crippen molar-refractivity contribution in [3.8, 4) is 11.8 Å². The number of allylic oxidation sites excluding steroid dienone is 1. The van der Waals surface area contributed by atoms with E-state index < -0.39 is 6.10 Å². The second-order valence-electron chi connectivity index (χ2n) is 1.50. The van der Waals surface area contributed by atoms with Gasteiger partial charge in [-0.25, -0.2) is 0 Å². The Morgan fingerprint density at radius 3 is 2.78 bits per heavy atom. The van der Waals surface area contributed by atoms with Crippen molar-refractivity contribution in [2.24, 2.45) is 0 Å². The van der Waals surface area contributed by atoms with E-state index >= 15 is 0 Å². The fourth-order valence-corrected chi connectivity index (χ4v) is 0.271. The van der Waals surface area contributed by atoms with E-state index in [0.717, 1.165) is 0 Å². The highest BCUT2D eigenvalue weighted by Crippen LogP contribution is 1.74. The van der Waals surface area contributed by atoms with E-state index in [4.69, 9.17) is 5.11 Å². The molecule has 0 aliphatic heterocycles. The van der Waals surface area contributed by atoms with E-state index in [2.05, 4.69) is 16.6 Å². The maximum atomic E-state index is 8.60. The van der Waals surface area contributed by atoms with Gasteiger partial charge in [-0.2, -0.15) is 0 Å². The lowest BCUT2D eigenvalue weighted by Crippen LogP contribution is -1.91. The lowest BCUT2D eigenvalue weighted by Gasteiger charge is -1.84. The van der Waals surface area contributed by atoms with E-state index in [-0.39, 0.29) is 0 Å². The van der Waals surface area contributed by atoms with Crippen molar-refractivity contribution in [1.82, 2.24) is 0 Å². The first-order valence-electron chi connectivity index (χ1n) is 2.64. The summed E-state index contributed by atoms with van der Waals surface area (Å²) in [5, 5.41) is 8.60. The Morgan fingerprint density at radius 1 is 1.67 bits per heavy atom. The van der Waals surface area contributed by atoms with Gasteiger partial charge >= 0.3 is 0 Å². The van der Waals surface area contributed by atoms with Crippen LogP contribution >= 0.6 is 0 Å². The summed E-state index contributed by atoms with van der Waals surface area (Å²) >= 11 is 0. The summed E-state index contributed by atoms with van der Waals surface area (Å²) in [7, 11) is 1.54. The third-order valence-corrected chi connectivity index (χ3v) is 0.580.